The van der Waals surface area contributed by atoms with Crippen LogP contribution < -0.4 is 11.1 Å². The number of aliphatic hydroxyl groups is 2. The van der Waals surface area contributed by atoms with Gasteiger partial charge in [0.1, 0.15) is 5.60 Å². The van der Waals surface area contributed by atoms with Gasteiger partial charge in [-0.05, 0) is 34.6 Å². The summed E-state index contributed by atoms with van der Waals surface area (Å²) in [6.07, 6.45) is 0. The summed E-state index contributed by atoms with van der Waals surface area (Å²) in [5.41, 5.74) is 3.20. The molecule has 0 aliphatic heterocycles. The molecule has 0 heterocycles. The third-order valence-electron chi connectivity index (χ3n) is 3.15. The fourth-order valence-electron chi connectivity index (χ4n) is 0.840. The van der Waals surface area contributed by atoms with Crippen LogP contribution in [0.25, 0.3) is 0 Å². The molecule has 0 aliphatic rings. The fraction of sp³-hybridized carbons (Fsp3) is 0.909. The van der Waals surface area contributed by atoms with Crippen molar-refractivity contribution in [1.29, 1.82) is 0 Å². The van der Waals surface area contributed by atoms with E-state index in [9.17, 15) is 9.90 Å². The van der Waals surface area contributed by atoms with Gasteiger partial charge in [-0.15, -0.1) is 0 Å². The Morgan fingerprint density at radius 1 is 1.25 bits per heavy atom. The molecule has 0 bridgehead atoms. The zero-order valence-electron chi connectivity index (χ0n) is 10.8. The molecule has 0 rings (SSSR count). The highest BCUT2D eigenvalue weighted by atomic mass is 16.3. The van der Waals surface area contributed by atoms with E-state index in [1.165, 1.54) is 6.92 Å². The highest BCUT2D eigenvalue weighted by Crippen LogP contribution is 2.28. The first-order valence-corrected chi connectivity index (χ1v) is 5.34. The first kappa shape index (κ1) is 15.3. The summed E-state index contributed by atoms with van der Waals surface area (Å²) >= 11 is 0. The lowest BCUT2D eigenvalue weighted by atomic mass is 9.74. The maximum atomic E-state index is 11.9. The molecule has 0 spiro atoms. The van der Waals surface area contributed by atoms with E-state index in [4.69, 9.17) is 10.8 Å². The number of rotatable bonds is 5. The molecule has 5 nitrogen and oxygen atoms in total. The van der Waals surface area contributed by atoms with Crippen molar-refractivity contribution < 1.29 is 15.0 Å². The zero-order chi connectivity index (χ0) is 13.2. The number of amides is 1. The summed E-state index contributed by atoms with van der Waals surface area (Å²) in [5.74, 6) is -0.242. The molecule has 96 valence electrons. The van der Waals surface area contributed by atoms with E-state index in [1.807, 2.05) is 0 Å². The average Bonchev–Trinajstić information content (AvgIpc) is 2.12. The van der Waals surface area contributed by atoms with E-state index >= 15 is 0 Å². The van der Waals surface area contributed by atoms with Gasteiger partial charge >= 0.3 is 0 Å². The fourth-order valence-corrected chi connectivity index (χ4v) is 0.840. The monoisotopic (exact) mass is 232 g/mol. The van der Waals surface area contributed by atoms with Gasteiger partial charge in [-0.1, -0.05) is 0 Å². The lowest BCUT2D eigenvalue weighted by molar-refractivity contribution is -0.133. The molecule has 0 radical (unpaired) electrons. The van der Waals surface area contributed by atoms with Crippen molar-refractivity contribution >= 4 is 5.91 Å². The molecular formula is C11H24N2O3. The van der Waals surface area contributed by atoms with Gasteiger partial charge in [0.2, 0.25) is 5.91 Å². The van der Waals surface area contributed by atoms with Gasteiger partial charge in [0, 0.05) is 12.1 Å². The molecule has 1 atom stereocenters. The topological polar surface area (TPSA) is 95.6 Å². The molecule has 0 aromatic heterocycles. The Kier molecular flexibility index (Phi) is 4.50. The quantitative estimate of drug-likeness (QED) is 0.519. The number of nitrogens with one attached hydrogen (secondary N) is 1. The van der Waals surface area contributed by atoms with Crippen LogP contribution in [-0.4, -0.2) is 40.4 Å². The van der Waals surface area contributed by atoms with Crippen molar-refractivity contribution in [2.24, 2.45) is 11.1 Å². The van der Waals surface area contributed by atoms with Gasteiger partial charge in [-0.25, -0.2) is 0 Å². The van der Waals surface area contributed by atoms with Crippen molar-refractivity contribution in [2.45, 2.75) is 45.8 Å². The zero-order valence-corrected chi connectivity index (χ0v) is 10.8. The van der Waals surface area contributed by atoms with E-state index < -0.39 is 23.2 Å². The number of nitrogens with two attached hydrogens (primary N) is 1. The Bertz CT molecular complexity index is 254. The number of hydrogen-bond acceptors (Lipinski definition) is 4. The average molecular weight is 232 g/mol. The largest absolute Gasteiger partial charge is 0.393 e. The maximum absolute atomic E-state index is 11.9. The number of carbonyl (C=O) groups excluding carboxylic acids is 1. The van der Waals surface area contributed by atoms with Gasteiger partial charge in [0.15, 0.2) is 0 Å². The predicted molar refractivity (Wildman–Crippen MR) is 62.8 cm³/mol. The Labute approximate surface area is 97.0 Å². The van der Waals surface area contributed by atoms with Crippen LogP contribution >= 0.6 is 0 Å². The molecule has 1 unspecified atom stereocenters. The highest BCUT2D eigenvalue weighted by Gasteiger charge is 2.40. The SMILES string of the molecule is CC(O)(CO)CNC(=O)C(C)(C)C(C)(C)N. The van der Waals surface area contributed by atoms with Crippen LogP contribution in [0.4, 0.5) is 0 Å². The molecule has 1 amide bonds. The Morgan fingerprint density at radius 3 is 2.00 bits per heavy atom. The molecular weight excluding hydrogens is 208 g/mol. The molecule has 16 heavy (non-hydrogen) atoms. The van der Waals surface area contributed by atoms with Crippen molar-refractivity contribution in [3.05, 3.63) is 0 Å². The summed E-state index contributed by atoms with van der Waals surface area (Å²) in [6.45, 7) is 8.09. The Balaban J connectivity index is 4.50. The third-order valence-corrected chi connectivity index (χ3v) is 3.15. The number of aliphatic hydroxyl groups excluding tert-OH is 1. The number of carbonyl (C=O) groups is 1. The third kappa shape index (κ3) is 3.73. The summed E-state index contributed by atoms with van der Waals surface area (Å²) in [4.78, 5) is 11.9. The first-order valence-electron chi connectivity index (χ1n) is 5.34. The summed E-state index contributed by atoms with van der Waals surface area (Å²) in [6, 6.07) is 0. The first-order chi connectivity index (χ1) is 6.94. The lowest BCUT2D eigenvalue weighted by Gasteiger charge is -2.37. The van der Waals surface area contributed by atoms with E-state index in [0.717, 1.165) is 0 Å². The second-order valence-corrected chi connectivity index (χ2v) is 5.68. The number of hydrogen-bond donors (Lipinski definition) is 4. The minimum Gasteiger partial charge on any atom is -0.393 e. The summed E-state index contributed by atoms with van der Waals surface area (Å²) in [7, 11) is 0. The van der Waals surface area contributed by atoms with Crippen molar-refractivity contribution in [2.75, 3.05) is 13.2 Å². The van der Waals surface area contributed by atoms with Gasteiger partial charge in [-0.2, -0.15) is 0 Å². The van der Waals surface area contributed by atoms with E-state index in [2.05, 4.69) is 5.32 Å². The highest BCUT2D eigenvalue weighted by molar-refractivity contribution is 5.83. The molecule has 0 saturated heterocycles. The second kappa shape index (κ2) is 4.69. The van der Waals surface area contributed by atoms with Crippen LogP contribution in [-0.2, 0) is 4.79 Å². The summed E-state index contributed by atoms with van der Waals surface area (Å²) < 4.78 is 0. The molecule has 5 N–H and O–H groups in total. The van der Waals surface area contributed by atoms with Crippen LogP contribution in [0.2, 0.25) is 0 Å². The molecule has 0 fully saturated rings. The minimum atomic E-state index is -1.30. The van der Waals surface area contributed by atoms with E-state index in [-0.39, 0.29) is 12.5 Å². The van der Waals surface area contributed by atoms with Gasteiger partial charge < -0.3 is 21.3 Å². The predicted octanol–water partition coefficient (Wildman–Crippen LogP) is -0.391. The lowest BCUT2D eigenvalue weighted by Crippen LogP contribution is -2.57. The Hall–Kier alpha value is -0.650. The summed E-state index contributed by atoms with van der Waals surface area (Å²) in [5, 5.41) is 21.0. The molecule has 0 aromatic carbocycles. The normalized spacial score (nSPS) is 16.8. The minimum absolute atomic E-state index is 0.00183. The van der Waals surface area contributed by atoms with Crippen LogP contribution in [0.15, 0.2) is 0 Å². The Morgan fingerprint density at radius 2 is 1.69 bits per heavy atom. The van der Waals surface area contributed by atoms with Crippen LogP contribution in [0.5, 0.6) is 0 Å². The van der Waals surface area contributed by atoms with Crippen LogP contribution in [0.3, 0.4) is 0 Å². The molecule has 5 heteroatoms. The van der Waals surface area contributed by atoms with Crippen molar-refractivity contribution in [3.8, 4) is 0 Å². The van der Waals surface area contributed by atoms with Crippen molar-refractivity contribution in [1.82, 2.24) is 5.32 Å². The van der Waals surface area contributed by atoms with Crippen LogP contribution in [0.1, 0.15) is 34.6 Å². The molecule has 0 aliphatic carbocycles. The maximum Gasteiger partial charge on any atom is 0.227 e. The second-order valence-electron chi connectivity index (χ2n) is 5.68. The molecule has 0 aromatic rings. The van der Waals surface area contributed by atoms with E-state index in [0.29, 0.717) is 0 Å². The van der Waals surface area contributed by atoms with Gasteiger partial charge in [0.05, 0.1) is 12.0 Å². The standard InChI is InChI=1S/C11H24N2O3/c1-9(2,10(3,4)12)8(15)13-6-11(5,16)7-14/h14,16H,6-7,12H2,1-5H3,(H,13,15). The molecule has 0 saturated carbocycles. The van der Waals surface area contributed by atoms with E-state index in [1.54, 1.807) is 27.7 Å². The van der Waals surface area contributed by atoms with Gasteiger partial charge in [0.25, 0.3) is 0 Å². The van der Waals surface area contributed by atoms with Gasteiger partial charge in [-0.3, -0.25) is 4.79 Å². The van der Waals surface area contributed by atoms with Crippen molar-refractivity contribution in [3.63, 3.8) is 0 Å². The van der Waals surface area contributed by atoms with Crippen LogP contribution in [0, 0.1) is 5.41 Å². The smallest absolute Gasteiger partial charge is 0.227 e.